The Hall–Kier alpha value is -4.31. The van der Waals surface area contributed by atoms with Gasteiger partial charge in [-0.15, -0.1) is 5.10 Å². The number of nitrogens with one attached hydrogen (secondary N) is 1. The highest BCUT2D eigenvalue weighted by Crippen LogP contribution is 2.29. The maximum Gasteiger partial charge on any atom is 0.262 e. The highest BCUT2D eigenvalue weighted by molar-refractivity contribution is 6.10. The van der Waals surface area contributed by atoms with Crippen LogP contribution in [0.25, 0.3) is 27.6 Å². The number of carbonyl (C=O) groups excluding carboxylic acids is 1. The van der Waals surface area contributed by atoms with Crippen LogP contribution in [0.2, 0.25) is 0 Å². The molecule has 0 spiro atoms. The third-order valence-electron chi connectivity index (χ3n) is 6.27. The van der Waals surface area contributed by atoms with Crippen molar-refractivity contribution < 1.29 is 9.18 Å². The fourth-order valence-electron chi connectivity index (χ4n) is 4.55. The van der Waals surface area contributed by atoms with Crippen LogP contribution in [-0.2, 0) is 0 Å². The predicted molar refractivity (Wildman–Crippen MR) is 129 cm³/mol. The Morgan fingerprint density at radius 3 is 2.89 bits per heavy atom. The zero-order valence-corrected chi connectivity index (χ0v) is 18.7. The van der Waals surface area contributed by atoms with Gasteiger partial charge in [0.25, 0.3) is 5.91 Å². The van der Waals surface area contributed by atoms with Crippen LogP contribution in [0.3, 0.4) is 0 Å². The molecule has 1 aliphatic heterocycles. The Kier molecular flexibility index (Phi) is 5.34. The molecule has 1 aliphatic rings. The van der Waals surface area contributed by atoms with E-state index >= 15 is 4.39 Å². The van der Waals surface area contributed by atoms with Crippen molar-refractivity contribution in [2.45, 2.75) is 18.9 Å². The minimum Gasteiger partial charge on any atom is -0.315 e. The lowest BCUT2D eigenvalue weighted by Crippen LogP contribution is -2.49. The van der Waals surface area contributed by atoms with Gasteiger partial charge in [0.05, 0.1) is 17.3 Å². The number of anilines is 1. The van der Waals surface area contributed by atoms with Crippen LogP contribution in [0, 0.1) is 5.82 Å². The average Bonchev–Trinajstić information content (AvgIpc) is 3.34. The third-order valence-corrected chi connectivity index (χ3v) is 6.27. The fourth-order valence-corrected chi connectivity index (χ4v) is 4.55. The van der Waals surface area contributed by atoms with Crippen molar-refractivity contribution in [3.8, 4) is 5.69 Å². The molecular formula is C25H21FN8O. The van der Waals surface area contributed by atoms with E-state index < -0.39 is 11.7 Å². The number of fused-ring (bicyclic) bond motifs is 2. The Balaban J connectivity index is 1.43. The minimum atomic E-state index is -0.654. The molecule has 6 rings (SSSR count). The van der Waals surface area contributed by atoms with Gasteiger partial charge < -0.3 is 5.32 Å². The van der Waals surface area contributed by atoms with Crippen molar-refractivity contribution in [3.63, 3.8) is 0 Å². The molecule has 1 atom stereocenters. The van der Waals surface area contributed by atoms with Crippen LogP contribution < -0.4 is 10.2 Å². The van der Waals surface area contributed by atoms with Crippen LogP contribution in [0.5, 0.6) is 0 Å². The highest BCUT2D eigenvalue weighted by Gasteiger charge is 2.31. The van der Waals surface area contributed by atoms with Gasteiger partial charge in [-0.1, -0.05) is 5.21 Å². The molecule has 0 bridgehead atoms. The fraction of sp³-hybridized carbons (Fsp3) is 0.200. The maximum atomic E-state index is 15.5. The summed E-state index contributed by atoms with van der Waals surface area (Å²) in [5, 5.41) is 13.2. The van der Waals surface area contributed by atoms with Crippen molar-refractivity contribution in [2.24, 2.45) is 0 Å². The minimum absolute atomic E-state index is 0.0422. The lowest BCUT2D eigenvalue weighted by atomic mass is 10.0. The molecule has 1 N–H and O–H groups in total. The zero-order chi connectivity index (χ0) is 23.8. The van der Waals surface area contributed by atoms with Gasteiger partial charge in [-0.05, 0) is 61.2 Å². The number of benzene rings is 1. The summed E-state index contributed by atoms with van der Waals surface area (Å²) >= 11 is 0. The molecule has 35 heavy (non-hydrogen) atoms. The molecule has 1 aromatic carbocycles. The summed E-state index contributed by atoms with van der Waals surface area (Å²) in [5.41, 5.74) is 1.49. The van der Waals surface area contributed by atoms with Crippen molar-refractivity contribution in [1.82, 2.24) is 35.3 Å². The second-order valence-electron chi connectivity index (χ2n) is 8.42. The Morgan fingerprint density at radius 2 is 2.03 bits per heavy atom. The number of amides is 1. The van der Waals surface area contributed by atoms with Crippen LogP contribution >= 0.6 is 0 Å². The maximum absolute atomic E-state index is 15.5. The molecule has 4 aromatic heterocycles. The van der Waals surface area contributed by atoms with Crippen molar-refractivity contribution in [1.29, 1.82) is 0 Å². The van der Waals surface area contributed by atoms with Gasteiger partial charge >= 0.3 is 0 Å². The number of halogens is 1. The summed E-state index contributed by atoms with van der Waals surface area (Å²) in [4.78, 5) is 28.5. The summed E-state index contributed by atoms with van der Waals surface area (Å²) < 4.78 is 16.9. The summed E-state index contributed by atoms with van der Waals surface area (Å²) in [6, 6.07) is 11.5. The van der Waals surface area contributed by atoms with Crippen molar-refractivity contribution >= 4 is 33.7 Å². The Morgan fingerprint density at radius 1 is 1.11 bits per heavy atom. The first-order valence-corrected chi connectivity index (χ1v) is 11.4. The molecule has 0 radical (unpaired) electrons. The largest absolute Gasteiger partial charge is 0.315 e. The monoisotopic (exact) mass is 468 g/mol. The molecule has 5 aromatic rings. The molecule has 174 valence electrons. The molecule has 5 heterocycles. The van der Waals surface area contributed by atoms with E-state index in [1.165, 1.54) is 16.8 Å². The Labute approximate surface area is 199 Å². The van der Waals surface area contributed by atoms with Gasteiger partial charge in [-0.25, -0.2) is 14.4 Å². The van der Waals surface area contributed by atoms with E-state index in [0.717, 1.165) is 30.2 Å². The van der Waals surface area contributed by atoms with Crippen molar-refractivity contribution in [3.05, 3.63) is 78.6 Å². The molecule has 9 nitrogen and oxygen atoms in total. The van der Waals surface area contributed by atoms with Gasteiger partial charge in [0.1, 0.15) is 17.2 Å². The number of rotatable bonds is 4. The number of carbonyl (C=O) groups is 1. The van der Waals surface area contributed by atoms with E-state index in [2.05, 4.69) is 30.6 Å². The van der Waals surface area contributed by atoms with E-state index in [4.69, 9.17) is 0 Å². The molecular weight excluding hydrogens is 447 g/mol. The molecule has 0 unspecified atom stereocenters. The van der Waals surface area contributed by atoms with Gasteiger partial charge in [0.15, 0.2) is 5.65 Å². The summed E-state index contributed by atoms with van der Waals surface area (Å²) in [7, 11) is 0. The normalized spacial score (nSPS) is 16.0. The number of hydrogen-bond acceptors (Lipinski definition) is 7. The smallest absolute Gasteiger partial charge is 0.262 e. The van der Waals surface area contributed by atoms with Gasteiger partial charge in [0.2, 0.25) is 0 Å². The van der Waals surface area contributed by atoms with Crippen molar-refractivity contribution in [2.75, 3.05) is 18.0 Å². The van der Waals surface area contributed by atoms with Gasteiger partial charge in [0, 0.05) is 42.8 Å². The number of hydrogen-bond donors (Lipinski definition) is 1. The second-order valence-corrected chi connectivity index (χ2v) is 8.42. The van der Waals surface area contributed by atoms with E-state index in [0.29, 0.717) is 29.2 Å². The lowest BCUT2D eigenvalue weighted by Gasteiger charge is -2.34. The summed E-state index contributed by atoms with van der Waals surface area (Å²) in [5.74, 6) is -0.628. The zero-order valence-electron chi connectivity index (χ0n) is 18.7. The molecule has 1 fully saturated rings. The molecule has 1 amide bonds. The molecule has 0 aliphatic carbocycles. The van der Waals surface area contributed by atoms with Crippen LogP contribution in [0.15, 0.2) is 67.3 Å². The first kappa shape index (κ1) is 21.2. The van der Waals surface area contributed by atoms with Crippen LogP contribution in [0.1, 0.15) is 23.2 Å². The number of piperidine rings is 1. The predicted octanol–water partition coefficient (Wildman–Crippen LogP) is 3.30. The highest BCUT2D eigenvalue weighted by atomic mass is 19.1. The third kappa shape index (κ3) is 3.77. The lowest BCUT2D eigenvalue weighted by molar-refractivity contribution is 0.0968. The van der Waals surface area contributed by atoms with E-state index in [1.54, 1.807) is 47.9 Å². The Bertz CT molecular complexity index is 1540. The number of nitrogens with zero attached hydrogens (tertiary/aromatic N) is 7. The van der Waals surface area contributed by atoms with E-state index in [-0.39, 0.29) is 11.6 Å². The standard InChI is InChI=1S/C25H21FN8O/c26-21-13-17(34-24-22(31-32-34)4-2-10-29-24)5-6-19(21)25(35)33(18-3-1-9-27-14-18)23-20-15-28-11-7-16(20)8-12-30-23/h2,4-8,10-13,15,18,27H,1,3,9,14H2/t18-/m1/s1. The van der Waals surface area contributed by atoms with Gasteiger partial charge in [-0.3, -0.25) is 14.7 Å². The van der Waals surface area contributed by atoms with E-state index in [9.17, 15) is 4.79 Å². The van der Waals surface area contributed by atoms with Gasteiger partial charge in [-0.2, -0.15) is 4.68 Å². The number of pyridine rings is 3. The quantitative estimate of drug-likeness (QED) is 0.432. The number of aromatic nitrogens is 6. The second kappa shape index (κ2) is 8.80. The SMILES string of the molecule is O=C(c1ccc(-n2nnc3cccnc32)cc1F)N(c1nccc2ccncc12)[C@@H]1CCCNC1. The van der Waals surface area contributed by atoms with Crippen LogP contribution in [0.4, 0.5) is 10.2 Å². The first-order valence-electron chi connectivity index (χ1n) is 11.4. The van der Waals surface area contributed by atoms with E-state index in [1.807, 2.05) is 12.1 Å². The first-order chi connectivity index (χ1) is 17.2. The molecule has 1 saturated heterocycles. The summed E-state index contributed by atoms with van der Waals surface area (Å²) in [6.07, 6.45) is 8.37. The van der Waals surface area contributed by atoms with Crippen LogP contribution in [-0.4, -0.2) is 55.0 Å². The molecule has 10 heteroatoms. The topological polar surface area (TPSA) is 102 Å². The molecule has 0 saturated carbocycles. The summed E-state index contributed by atoms with van der Waals surface area (Å²) in [6.45, 7) is 1.48. The average molecular weight is 468 g/mol.